The van der Waals surface area contributed by atoms with Crippen LogP contribution in [0.15, 0.2) is 18.2 Å². The molecule has 1 aliphatic rings. The highest BCUT2D eigenvalue weighted by molar-refractivity contribution is 5.94. The number of carboxylic acids is 1. The molecule has 0 aliphatic carbocycles. The molecule has 120 valence electrons. The number of aliphatic carboxylic acids is 1. The first kappa shape index (κ1) is 16.5. The maximum absolute atomic E-state index is 13.3. The third-order valence-electron chi connectivity index (χ3n) is 4.69. The lowest BCUT2D eigenvalue weighted by atomic mass is 9.74. The van der Waals surface area contributed by atoms with Gasteiger partial charge in [0.05, 0.1) is 5.41 Å². The van der Waals surface area contributed by atoms with Crippen LogP contribution in [0.4, 0.5) is 4.39 Å². The predicted molar refractivity (Wildman–Crippen MR) is 81.2 cm³/mol. The fourth-order valence-electron chi connectivity index (χ4n) is 2.89. The summed E-state index contributed by atoms with van der Waals surface area (Å²) in [6, 6.07) is 4.32. The average molecular weight is 307 g/mol. The molecule has 0 saturated carbocycles. The predicted octanol–water partition coefficient (Wildman–Crippen LogP) is 3.10. The van der Waals surface area contributed by atoms with Crippen LogP contribution in [0, 0.1) is 24.1 Å². The first-order chi connectivity index (χ1) is 10.2. The van der Waals surface area contributed by atoms with Gasteiger partial charge >= 0.3 is 5.97 Å². The number of aryl methyl sites for hydroxylation is 1. The lowest BCUT2D eigenvalue weighted by molar-refractivity contribution is -0.151. The summed E-state index contributed by atoms with van der Waals surface area (Å²) in [7, 11) is 0. The number of halogens is 1. The Labute approximate surface area is 129 Å². The van der Waals surface area contributed by atoms with Crippen molar-refractivity contribution < 1.29 is 19.1 Å². The maximum Gasteiger partial charge on any atom is 0.309 e. The van der Waals surface area contributed by atoms with E-state index in [0.717, 1.165) is 12.8 Å². The van der Waals surface area contributed by atoms with Crippen LogP contribution in [0.25, 0.3) is 0 Å². The number of carbonyl (C=O) groups excluding carboxylic acids is 1. The number of piperidine rings is 1. The Morgan fingerprint density at radius 1 is 1.36 bits per heavy atom. The van der Waals surface area contributed by atoms with E-state index in [1.807, 2.05) is 0 Å². The van der Waals surface area contributed by atoms with E-state index < -0.39 is 11.4 Å². The van der Waals surface area contributed by atoms with E-state index in [0.29, 0.717) is 24.2 Å². The summed E-state index contributed by atoms with van der Waals surface area (Å²) in [5, 5.41) is 9.36. The Hall–Kier alpha value is -1.91. The zero-order valence-electron chi connectivity index (χ0n) is 13.2. The maximum atomic E-state index is 13.3. The molecular formula is C17H22FNO3. The van der Waals surface area contributed by atoms with Crippen molar-refractivity contribution in [1.29, 1.82) is 0 Å². The lowest BCUT2D eigenvalue weighted by Crippen LogP contribution is -2.46. The van der Waals surface area contributed by atoms with Gasteiger partial charge in [0.15, 0.2) is 0 Å². The topological polar surface area (TPSA) is 57.6 Å². The van der Waals surface area contributed by atoms with Crippen LogP contribution in [0.5, 0.6) is 0 Å². The largest absolute Gasteiger partial charge is 0.481 e. The molecule has 1 heterocycles. The van der Waals surface area contributed by atoms with Gasteiger partial charge in [0, 0.05) is 18.7 Å². The highest BCUT2D eigenvalue weighted by Gasteiger charge is 2.40. The second kappa shape index (κ2) is 6.07. The Morgan fingerprint density at radius 2 is 2.05 bits per heavy atom. The fourth-order valence-corrected chi connectivity index (χ4v) is 2.89. The Balaban J connectivity index is 2.16. The van der Waals surface area contributed by atoms with Crippen molar-refractivity contribution in [3.05, 3.63) is 35.1 Å². The van der Waals surface area contributed by atoms with Gasteiger partial charge in [-0.05, 0) is 63.3 Å². The van der Waals surface area contributed by atoms with Crippen LogP contribution < -0.4 is 0 Å². The molecule has 0 bridgehead atoms. The highest BCUT2D eigenvalue weighted by atomic mass is 19.1. The minimum Gasteiger partial charge on any atom is -0.481 e. The van der Waals surface area contributed by atoms with Crippen molar-refractivity contribution in [2.24, 2.45) is 11.3 Å². The molecule has 1 atom stereocenters. The molecule has 0 radical (unpaired) electrons. The number of benzene rings is 1. The van der Waals surface area contributed by atoms with Crippen LogP contribution >= 0.6 is 0 Å². The molecule has 1 amide bonds. The second-order valence-corrected chi connectivity index (χ2v) is 6.58. The molecule has 5 heteroatoms. The SMILES string of the molecule is Cc1cc(C(=O)N2CCCC(C(C)(C)C(=O)O)C2)ccc1F. The monoisotopic (exact) mass is 307 g/mol. The van der Waals surface area contributed by atoms with Gasteiger partial charge in [-0.15, -0.1) is 0 Å². The molecule has 1 N–H and O–H groups in total. The number of carbonyl (C=O) groups is 2. The van der Waals surface area contributed by atoms with E-state index in [2.05, 4.69) is 0 Å². The van der Waals surface area contributed by atoms with Crippen molar-refractivity contribution >= 4 is 11.9 Å². The van der Waals surface area contributed by atoms with Gasteiger partial charge < -0.3 is 10.0 Å². The zero-order valence-corrected chi connectivity index (χ0v) is 13.2. The number of nitrogens with zero attached hydrogens (tertiary/aromatic N) is 1. The van der Waals surface area contributed by atoms with Crippen molar-refractivity contribution in [3.8, 4) is 0 Å². The number of hydrogen-bond acceptors (Lipinski definition) is 2. The van der Waals surface area contributed by atoms with Crippen LogP contribution in [-0.4, -0.2) is 35.0 Å². The van der Waals surface area contributed by atoms with E-state index in [4.69, 9.17) is 0 Å². The number of rotatable bonds is 3. The first-order valence-electron chi connectivity index (χ1n) is 7.52. The summed E-state index contributed by atoms with van der Waals surface area (Å²) in [6.07, 6.45) is 1.58. The molecular weight excluding hydrogens is 285 g/mol. The zero-order chi connectivity index (χ0) is 16.5. The number of amides is 1. The van der Waals surface area contributed by atoms with E-state index in [1.165, 1.54) is 12.1 Å². The summed E-state index contributed by atoms with van der Waals surface area (Å²) >= 11 is 0. The summed E-state index contributed by atoms with van der Waals surface area (Å²) in [5.41, 5.74) is 0.0236. The fraction of sp³-hybridized carbons (Fsp3) is 0.529. The molecule has 22 heavy (non-hydrogen) atoms. The molecule has 1 unspecified atom stereocenters. The molecule has 0 spiro atoms. The quantitative estimate of drug-likeness (QED) is 0.933. The van der Waals surface area contributed by atoms with E-state index in [9.17, 15) is 19.1 Å². The first-order valence-corrected chi connectivity index (χ1v) is 7.52. The van der Waals surface area contributed by atoms with Crippen LogP contribution in [-0.2, 0) is 4.79 Å². The smallest absolute Gasteiger partial charge is 0.309 e. The van der Waals surface area contributed by atoms with Crippen molar-refractivity contribution in [2.75, 3.05) is 13.1 Å². The Bertz CT molecular complexity index is 598. The van der Waals surface area contributed by atoms with Gasteiger partial charge in [0.2, 0.25) is 0 Å². The lowest BCUT2D eigenvalue weighted by Gasteiger charge is -2.39. The average Bonchev–Trinajstić information content (AvgIpc) is 2.49. The Kier molecular flexibility index (Phi) is 4.54. The standard InChI is InChI=1S/C17H22FNO3/c1-11-9-12(6-7-14(11)18)15(20)19-8-4-5-13(10-19)17(2,3)16(21)22/h6-7,9,13H,4-5,8,10H2,1-3H3,(H,21,22). The minimum atomic E-state index is -0.863. The van der Waals surface area contributed by atoms with E-state index >= 15 is 0 Å². The van der Waals surface area contributed by atoms with Crippen LogP contribution in [0.1, 0.15) is 42.6 Å². The van der Waals surface area contributed by atoms with Gasteiger partial charge in [-0.3, -0.25) is 9.59 Å². The molecule has 1 aliphatic heterocycles. The molecule has 1 saturated heterocycles. The summed E-state index contributed by atoms with van der Waals surface area (Å²) in [6.45, 7) is 6.07. The van der Waals surface area contributed by atoms with Crippen molar-refractivity contribution in [2.45, 2.75) is 33.6 Å². The molecule has 1 aromatic rings. The van der Waals surface area contributed by atoms with Gasteiger partial charge in [-0.25, -0.2) is 4.39 Å². The molecule has 0 aromatic heterocycles. The normalized spacial score (nSPS) is 19.1. The molecule has 2 rings (SSSR count). The van der Waals surface area contributed by atoms with Gasteiger partial charge in [0.25, 0.3) is 5.91 Å². The summed E-state index contributed by atoms with van der Waals surface area (Å²) < 4.78 is 13.3. The van der Waals surface area contributed by atoms with Crippen molar-refractivity contribution in [3.63, 3.8) is 0 Å². The Morgan fingerprint density at radius 3 is 2.64 bits per heavy atom. The molecule has 1 aromatic carbocycles. The van der Waals surface area contributed by atoms with Crippen LogP contribution in [0.2, 0.25) is 0 Å². The van der Waals surface area contributed by atoms with E-state index in [-0.39, 0.29) is 17.6 Å². The van der Waals surface area contributed by atoms with Crippen molar-refractivity contribution in [1.82, 2.24) is 4.90 Å². The van der Waals surface area contributed by atoms with Crippen LogP contribution in [0.3, 0.4) is 0 Å². The third kappa shape index (κ3) is 3.13. The number of hydrogen-bond donors (Lipinski definition) is 1. The van der Waals surface area contributed by atoms with Gasteiger partial charge in [0.1, 0.15) is 5.82 Å². The third-order valence-corrected chi connectivity index (χ3v) is 4.69. The second-order valence-electron chi connectivity index (χ2n) is 6.58. The highest BCUT2D eigenvalue weighted by Crippen LogP contribution is 2.34. The summed E-state index contributed by atoms with van der Waals surface area (Å²) in [5.74, 6) is -1.41. The van der Waals surface area contributed by atoms with Gasteiger partial charge in [-0.2, -0.15) is 0 Å². The molecule has 1 fully saturated rings. The van der Waals surface area contributed by atoms with E-state index in [1.54, 1.807) is 31.7 Å². The molecule has 4 nitrogen and oxygen atoms in total. The number of carboxylic acid groups (broad SMARTS) is 1. The van der Waals surface area contributed by atoms with Gasteiger partial charge in [-0.1, -0.05) is 0 Å². The summed E-state index contributed by atoms with van der Waals surface area (Å²) in [4.78, 5) is 25.7. The minimum absolute atomic E-state index is 0.0794. The number of likely N-dealkylation sites (tertiary alicyclic amines) is 1.